The lowest BCUT2D eigenvalue weighted by atomic mass is 9.48. The monoisotopic (exact) mass is 313 g/mol. The molecule has 4 rings (SSSR count). The van der Waals surface area contributed by atoms with Crippen molar-refractivity contribution in [1.82, 2.24) is 5.32 Å². The summed E-state index contributed by atoms with van der Waals surface area (Å²) in [6, 6.07) is 0.162. The number of rotatable bonds is 6. The Morgan fingerprint density at radius 1 is 1.00 bits per heavy atom. The van der Waals surface area contributed by atoms with Crippen LogP contribution < -0.4 is 5.32 Å². The van der Waals surface area contributed by atoms with Crippen LogP contribution in [-0.2, 0) is 9.84 Å². The van der Waals surface area contributed by atoms with E-state index in [2.05, 4.69) is 5.32 Å². The molecule has 4 fully saturated rings. The van der Waals surface area contributed by atoms with Crippen molar-refractivity contribution in [3.8, 4) is 0 Å². The molecule has 4 saturated carbocycles. The molecule has 1 atom stereocenters. The molecule has 0 aromatic rings. The van der Waals surface area contributed by atoms with Crippen molar-refractivity contribution in [3.63, 3.8) is 0 Å². The molecule has 1 N–H and O–H groups in total. The summed E-state index contributed by atoms with van der Waals surface area (Å²) in [6.07, 6.45) is 8.03. The second kappa shape index (κ2) is 5.52. The van der Waals surface area contributed by atoms with E-state index in [0.29, 0.717) is 11.5 Å². The Labute approximate surface area is 130 Å². The molecular formula is C17H31NO2S. The molecule has 0 amide bonds. The molecule has 0 spiro atoms. The molecule has 4 bridgehead atoms. The van der Waals surface area contributed by atoms with Crippen LogP contribution in [0.15, 0.2) is 0 Å². The van der Waals surface area contributed by atoms with Gasteiger partial charge >= 0.3 is 0 Å². The average molecular weight is 314 g/mol. The van der Waals surface area contributed by atoms with Crippen LogP contribution in [0, 0.1) is 29.1 Å². The number of hydrogen-bond donors (Lipinski definition) is 1. The third-order valence-electron chi connectivity index (χ3n) is 6.18. The molecule has 1 unspecified atom stereocenters. The summed E-state index contributed by atoms with van der Waals surface area (Å²) in [5.41, 5.74) is 0.271. The summed E-state index contributed by atoms with van der Waals surface area (Å²) in [5.74, 6) is 3.52. The van der Waals surface area contributed by atoms with Gasteiger partial charge in [-0.25, -0.2) is 8.42 Å². The highest BCUT2D eigenvalue weighted by Crippen LogP contribution is 2.61. The van der Waals surface area contributed by atoms with Crippen LogP contribution in [0.25, 0.3) is 0 Å². The molecule has 3 nitrogen and oxygen atoms in total. The molecule has 4 aliphatic rings. The van der Waals surface area contributed by atoms with E-state index in [0.717, 1.165) is 17.8 Å². The number of hydrogen-bond acceptors (Lipinski definition) is 3. The fourth-order valence-electron chi connectivity index (χ4n) is 6.00. The number of nitrogens with one attached hydrogen (secondary N) is 1. The van der Waals surface area contributed by atoms with E-state index in [9.17, 15) is 8.42 Å². The second-order valence-corrected chi connectivity index (χ2v) is 10.7. The van der Waals surface area contributed by atoms with E-state index >= 15 is 0 Å². The zero-order valence-corrected chi connectivity index (χ0v) is 14.6. The maximum Gasteiger partial charge on any atom is 0.152 e. The number of sulfone groups is 1. The van der Waals surface area contributed by atoms with Gasteiger partial charge in [-0.3, -0.25) is 0 Å². The highest BCUT2D eigenvalue weighted by Gasteiger charge is 2.54. The van der Waals surface area contributed by atoms with E-state index in [4.69, 9.17) is 0 Å². The first-order chi connectivity index (χ1) is 9.82. The lowest BCUT2D eigenvalue weighted by Crippen LogP contribution is -2.57. The van der Waals surface area contributed by atoms with Gasteiger partial charge in [0.05, 0.1) is 11.5 Å². The SMILES string of the molecule is CNC(CS(=O)(=O)CC(C)C)C12CC3CC(CC(C3)C1)C2. The third kappa shape index (κ3) is 3.17. The Balaban J connectivity index is 1.77. The van der Waals surface area contributed by atoms with E-state index in [-0.39, 0.29) is 17.4 Å². The van der Waals surface area contributed by atoms with Gasteiger partial charge in [-0.15, -0.1) is 0 Å². The van der Waals surface area contributed by atoms with Crippen molar-refractivity contribution in [2.75, 3.05) is 18.6 Å². The van der Waals surface area contributed by atoms with Crippen LogP contribution >= 0.6 is 0 Å². The Kier molecular flexibility index (Phi) is 4.15. The third-order valence-corrected chi connectivity index (χ3v) is 8.20. The largest absolute Gasteiger partial charge is 0.315 e. The van der Waals surface area contributed by atoms with Crippen molar-refractivity contribution >= 4 is 9.84 Å². The van der Waals surface area contributed by atoms with Crippen LogP contribution in [0.4, 0.5) is 0 Å². The Bertz CT molecular complexity index is 448. The predicted octanol–water partition coefficient (Wildman–Crippen LogP) is 2.86. The maximum absolute atomic E-state index is 12.5. The standard InChI is InChI=1S/C17H31NO2S/c1-12(2)10-21(19,20)11-16(18-3)17-7-13-4-14(8-17)6-15(5-13)9-17/h12-16,18H,4-11H2,1-3H3. The quantitative estimate of drug-likeness (QED) is 0.820. The summed E-state index contributed by atoms with van der Waals surface area (Å²) < 4.78 is 24.9. The molecule has 21 heavy (non-hydrogen) atoms. The van der Waals surface area contributed by atoms with Gasteiger partial charge in [-0.1, -0.05) is 13.8 Å². The molecule has 0 aromatic heterocycles. The molecule has 0 radical (unpaired) electrons. The summed E-state index contributed by atoms with van der Waals surface area (Å²) >= 11 is 0. The normalized spacial score (nSPS) is 39.9. The zero-order valence-electron chi connectivity index (χ0n) is 13.8. The first-order valence-electron chi connectivity index (χ1n) is 8.69. The topological polar surface area (TPSA) is 46.2 Å². The first-order valence-corrected chi connectivity index (χ1v) is 10.5. The predicted molar refractivity (Wildman–Crippen MR) is 86.9 cm³/mol. The molecule has 122 valence electrons. The van der Waals surface area contributed by atoms with Gasteiger partial charge in [-0.2, -0.15) is 0 Å². The fraction of sp³-hybridized carbons (Fsp3) is 1.00. The van der Waals surface area contributed by atoms with Crippen molar-refractivity contribution in [2.24, 2.45) is 29.1 Å². The smallest absolute Gasteiger partial charge is 0.152 e. The van der Waals surface area contributed by atoms with Gasteiger partial charge in [0.25, 0.3) is 0 Å². The van der Waals surface area contributed by atoms with Gasteiger partial charge in [0.15, 0.2) is 9.84 Å². The average Bonchev–Trinajstić information content (AvgIpc) is 2.32. The summed E-state index contributed by atoms with van der Waals surface area (Å²) in [4.78, 5) is 0. The Hall–Kier alpha value is -0.0900. The van der Waals surface area contributed by atoms with Crippen molar-refractivity contribution in [1.29, 1.82) is 0 Å². The van der Waals surface area contributed by atoms with E-state index in [1.807, 2.05) is 20.9 Å². The van der Waals surface area contributed by atoms with Gasteiger partial charge in [0.1, 0.15) is 0 Å². The summed E-state index contributed by atoms with van der Waals surface area (Å²) in [6.45, 7) is 3.99. The summed E-state index contributed by atoms with van der Waals surface area (Å²) in [5, 5.41) is 3.41. The highest BCUT2D eigenvalue weighted by atomic mass is 32.2. The van der Waals surface area contributed by atoms with Crippen LogP contribution in [-0.4, -0.2) is 33.0 Å². The maximum atomic E-state index is 12.5. The van der Waals surface area contributed by atoms with Crippen LogP contribution in [0.1, 0.15) is 52.4 Å². The van der Waals surface area contributed by atoms with Crippen LogP contribution in [0.2, 0.25) is 0 Å². The molecule has 4 aliphatic carbocycles. The minimum absolute atomic E-state index is 0.162. The van der Waals surface area contributed by atoms with Crippen molar-refractivity contribution < 1.29 is 8.42 Å². The van der Waals surface area contributed by atoms with E-state index in [1.54, 1.807) is 0 Å². The van der Waals surface area contributed by atoms with E-state index < -0.39 is 9.84 Å². The lowest BCUT2D eigenvalue weighted by molar-refractivity contribution is -0.0685. The molecule has 0 saturated heterocycles. The second-order valence-electron chi connectivity index (χ2n) is 8.59. The van der Waals surface area contributed by atoms with Gasteiger partial charge in [-0.05, 0) is 74.7 Å². The van der Waals surface area contributed by atoms with Gasteiger partial charge < -0.3 is 5.32 Å². The zero-order chi connectivity index (χ0) is 15.3. The van der Waals surface area contributed by atoms with Gasteiger partial charge in [0, 0.05) is 6.04 Å². The Morgan fingerprint density at radius 3 is 1.86 bits per heavy atom. The lowest BCUT2D eigenvalue weighted by Gasteiger charge is -2.59. The summed E-state index contributed by atoms with van der Waals surface area (Å²) in [7, 11) is -0.982. The molecular weight excluding hydrogens is 282 g/mol. The minimum Gasteiger partial charge on any atom is -0.315 e. The molecule has 0 heterocycles. The van der Waals surface area contributed by atoms with E-state index in [1.165, 1.54) is 38.5 Å². The fourth-order valence-corrected chi connectivity index (χ4v) is 8.18. The van der Waals surface area contributed by atoms with Crippen LogP contribution in [0.3, 0.4) is 0 Å². The molecule has 4 heteroatoms. The minimum atomic E-state index is -2.95. The van der Waals surface area contributed by atoms with Crippen molar-refractivity contribution in [2.45, 2.75) is 58.4 Å². The first kappa shape index (κ1) is 15.8. The van der Waals surface area contributed by atoms with Gasteiger partial charge in [0.2, 0.25) is 0 Å². The highest BCUT2D eigenvalue weighted by molar-refractivity contribution is 7.91. The van der Waals surface area contributed by atoms with Crippen LogP contribution in [0.5, 0.6) is 0 Å². The Morgan fingerprint density at radius 2 is 1.48 bits per heavy atom. The molecule has 0 aliphatic heterocycles. The van der Waals surface area contributed by atoms with Crippen molar-refractivity contribution in [3.05, 3.63) is 0 Å². The molecule has 0 aromatic carbocycles.